The molecular formula is C15H18ClNO. The zero-order valence-electron chi connectivity index (χ0n) is 10.4. The summed E-state index contributed by atoms with van der Waals surface area (Å²) in [4.78, 5) is 0. The Morgan fingerprint density at radius 1 is 1.28 bits per heavy atom. The number of rotatable bonds is 2. The lowest BCUT2D eigenvalue weighted by molar-refractivity contribution is 0.348. The molecule has 1 heterocycles. The second-order valence-corrected chi connectivity index (χ2v) is 6.38. The van der Waals surface area contributed by atoms with Crippen LogP contribution in [0.15, 0.2) is 12.1 Å². The molecule has 0 saturated heterocycles. The maximum absolute atomic E-state index is 6.49. The van der Waals surface area contributed by atoms with Crippen molar-refractivity contribution in [1.82, 2.24) is 0 Å². The molecule has 2 aliphatic carbocycles. The van der Waals surface area contributed by atoms with Gasteiger partial charge in [0.1, 0.15) is 5.75 Å². The van der Waals surface area contributed by atoms with Crippen LogP contribution in [0.25, 0.3) is 0 Å². The van der Waals surface area contributed by atoms with Crippen LogP contribution in [-0.4, -0.2) is 6.61 Å². The number of halogens is 1. The van der Waals surface area contributed by atoms with Crippen molar-refractivity contribution in [3.8, 4) is 5.75 Å². The number of fused-ring (bicyclic) bond motifs is 2. The van der Waals surface area contributed by atoms with E-state index in [1.54, 1.807) is 0 Å². The highest BCUT2D eigenvalue weighted by Crippen LogP contribution is 2.62. The van der Waals surface area contributed by atoms with Gasteiger partial charge >= 0.3 is 0 Å². The molecule has 3 aliphatic rings. The minimum atomic E-state index is 0.117. The first kappa shape index (κ1) is 11.1. The van der Waals surface area contributed by atoms with Crippen LogP contribution in [0.5, 0.6) is 5.75 Å². The normalized spacial score (nSPS) is 33.8. The third-order valence-electron chi connectivity index (χ3n) is 5.02. The average molecular weight is 264 g/mol. The molecule has 0 radical (unpaired) electrons. The Kier molecular flexibility index (Phi) is 2.40. The van der Waals surface area contributed by atoms with Crippen LogP contribution < -0.4 is 10.5 Å². The van der Waals surface area contributed by atoms with Gasteiger partial charge in [-0.05, 0) is 48.3 Å². The van der Waals surface area contributed by atoms with Crippen molar-refractivity contribution in [2.45, 2.75) is 31.7 Å². The first-order chi connectivity index (χ1) is 8.75. The molecule has 4 rings (SSSR count). The second kappa shape index (κ2) is 3.88. The third-order valence-corrected chi connectivity index (χ3v) is 5.24. The highest BCUT2D eigenvalue weighted by atomic mass is 35.5. The number of hydrogen-bond donors (Lipinski definition) is 1. The van der Waals surface area contributed by atoms with E-state index in [9.17, 15) is 0 Å². The molecule has 0 aromatic heterocycles. The van der Waals surface area contributed by atoms with Gasteiger partial charge in [0.15, 0.2) is 0 Å². The van der Waals surface area contributed by atoms with Gasteiger partial charge in [0.05, 0.1) is 6.61 Å². The van der Waals surface area contributed by atoms with Crippen molar-refractivity contribution in [1.29, 1.82) is 0 Å². The molecule has 1 aliphatic heterocycles. The highest BCUT2D eigenvalue weighted by Gasteiger charge is 2.55. The fourth-order valence-electron chi connectivity index (χ4n) is 4.16. The molecule has 18 heavy (non-hydrogen) atoms. The Morgan fingerprint density at radius 3 is 2.83 bits per heavy atom. The highest BCUT2D eigenvalue weighted by molar-refractivity contribution is 6.30. The fraction of sp³-hybridized carbons (Fsp3) is 0.600. The topological polar surface area (TPSA) is 35.2 Å². The molecule has 1 aromatic rings. The summed E-state index contributed by atoms with van der Waals surface area (Å²) in [6, 6.07) is 4.16. The summed E-state index contributed by atoms with van der Waals surface area (Å²) in [7, 11) is 0. The fourth-order valence-corrected chi connectivity index (χ4v) is 4.41. The van der Waals surface area contributed by atoms with Crippen molar-refractivity contribution in [3.63, 3.8) is 0 Å². The molecule has 3 atom stereocenters. The van der Waals surface area contributed by atoms with Crippen molar-refractivity contribution in [2.24, 2.45) is 23.5 Å². The van der Waals surface area contributed by atoms with Crippen LogP contribution in [0.2, 0.25) is 5.02 Å². The van der Waals surface area contributed by atoms with Crippen LogP contribution in [0.4, 0.5) is 0 Å². The van der Waals surface area contributed by atoms with Gasteiger partial charge in [-0.15, -0.1) is 0 Å². The molecule has 0 amide bonds. The van der Waals surface area contributed by atoms with E-state index in [4.69, 9.17) is 22.1 Å². The van der Waals surface area contributed by atoms with Gasteiger partial charge in [0.25, 0.3) is 0 Å². The smallest absolute Gasteiger partial charge is 0.127 e. The quantitative estimate of drug-likeness (QED) is 0.888. The monoisotopic (exact) mass is 263 g/mol. The van der Waals surface area contributed by atoms with E-state index < -0.39 is 0 Å². The minimum absolute atomic E-state index is 0.117. The van der Waals surface area contributed by atoms with Crippen molar-refractivity contribution < 1.29 is 4.74 Å². The molecule has 3 heteroatoms. The van der Waals surface area contributed by atoms with Crippen LogP contribution in [-0.2, 0) is 6.42 Å². The molecule has 2 N–H and O–H groups in total. The summed E-state index contributed by atoms with van der Waals surface area (Å²) in [6.45, 7) is 0.771. The number of nitrogens with two attached hydrogens (primary N) is 1. The molecule has 2 saturated carbocycles. The lowest BCUT2D eigenvalue weighted by Gasteiger charge is -2.17. The van der Waals surface area contributed by atoms with E-state index in [1.165, 1.54) is 24.8 Å². The second-order valence-electron chi connectivity index (χ2n) is 5.94. The first-order valence-electron chi connectivity index (χ1n) is 6.96. The summed E-state index contributed by atoms with van der Waals surface area (Å²) >= 11 is 6.21. The summed E-state index contributed by atoms with van der Waals surface area (Å²) < 4.78 is 5.77. The van der Waals surface area contributed by atoms with Crippen LogP contribution >= 0.6 is 11.6 Å². The van der Waals surface area contributed by atoms with Crippen molar-refractivity contribution >= 4 is 11.6 Å². The van der Waals surface area contributed by atoms with Gasteiger partial charge in [-0.1, -0.05) is 18.0 Å². The SMILES string of the molecule is NC(c1cc(Cl)cc2c1OCC2)C1C2CCCC21. The maximum Gasteiger partial charge on any atom is 0.127 e. The van der Waals surface area contributed by atoms with E-state index in [1.807, 2.05) is 12.1 Å². The van der Waals surface area contributed by atoms with Gasteiger partial charge in [0.2, 0.25) is 0 Å². The number of hydrogen-bond acceptors (Lipinski definition) is 2. The van der Waals surface area contributed by atoms with Gasteiger partial charge in [-0.25, -0.2) is 0 Å². The molecule has 1 aromatic carbocycles. The summed E-state index contributed by atoms with van der Waals surface area (Å²) in [5.74, 6) is 3.44. The van der Waals surface area contributed by atoms with E-state index in [-0.39, 0.29) is 6.04 Å². The maximum atomic E-state index is 6.49. The van der Waals surface area contributed by atoms with E-state index in [0.717, 1.165) is 41.2 Å². The zero-order chi connectivity index (χ0) is 12.3. The molecular weight excluding hydrogens is 246 g/mol. The third kappa shape index (κ3) is 1.52. The van der Waals surface area contributed by atoms with Crippen molar-refractivity contribution in [2.75, 3.05) is 6.61 Å². The average Bonchev–Trinajstić information content (AvgIpc) is 2.76. The summed E-state index contributed by atoms with van der Waals surface area (Å²) in [6.07, 6.45) is 5.09. The number of benzene rings is 1. The first-order valence-corrected chi connectivity index (χ1v) is 7.34. The zero-order valence-corrected chi connectivity index (χ0v) is 11.1. The van der Waals surface area contributed by atoms with E-state index in [2.05, 4.69) is 0 Å². The molecule has 0 spiro atoms. The minimum Gasteiger partial charge on any atom is -0.493 e. The van der Waals surface area contributed by atoms with Gasteiger partial charge < -0.3 is 10.5 Å². The van der Waals surface area contributed by atoms with Gasteiger partial charge in [-0.3, -0.25) is 0 Å². The van der Waals surface area contributed by atoms with Crippen LogP contribution in [0.3, 0.4) is 0 Å². The van der Waals surface area contributed by atoms with E-state index >= 15 is 0 Å². The molecule has 96 valence electrons. The Labute approximate surface area is 112 Å². The predicted molar refractivity (Wildman–Crippen MR) is 71.9 cm³/mol. The van der Waals surface area contributed by atoms with Gasteiger partial charge in [0, 0.05) is 23.0 Å². The lowest BCUT2D eigenvalue weighted by atomic mass is 9.95. The molecule has 3 unspecified atom stereocenters. The van der Waals surface area contributed by atoms with Crippen LogP contribution in [0.1, 0.15) is 36.4 Å². The standard InChI is InChI=1S/C15H18ClNO/c16-9-6-8-4-5-18-15(8)12(7-9)14(17)13-10-2-1-3-11(10)13/h6-7,10-11,13-14H,1-5,17H2. The predicted octanol–water partition coefficient (Wildman–Crippen LogP) is 3.32. The summed E-state index contributed by atoms with van der Waals surface area (Å²) in [5, 5.41) is 0.801. The molecule has 2 fully saturated rings. The molecule has 0 bridgehead atoms. The van der Waals surface area contributed by atoms with Gasteiger partial charge in [-0.2, -0.15) is 0 Å². The van der Waals surface area contributed by atoms with E-state index in [0.29, 0.717) is 5.92 Å². The Balaban J connectivity index is 1.68. The summed E-state index contributed by atoms with van der Waals surface area (Å²) in [5.41, 5.74) is 8.88. The molecule has 2 nitrogen and oxygen atoms in total. The Morgan fingerprint density at radius 2 is 2.06 bits per heavy atom. The lowest BCUT2D eigenvalue weighted by Crippen LogP contribution is -2.16. The van der Waals surface area contributed by atoms with Crippen LogP contribution in [0, 0.1) is 17.8 Å². The Hall–Kier alpha value is -0.730. The largest absolute Gasteiger partial charge is 0.493 e. The van der Waals surface area contributed by atoms with Crippen molar-refractivity contribution in [3.05, 3.63) is 28.3 Å². The Bertz CT molecular complexity index is 492. The number of ether oxygens (including phenoxy) is 1.